The Hall–Kier alpha value is -1.58. The van der Waals surface area contributed by atoms with Gasteiger partial charge in [0, 0.05) is 19.2 Å². The van der Waals surface area contributed by atoms with E-state index in [1.165, 1.54) is 25.7 Å². The number of hydrogen-bond acceptors (Lipinski definition) is 4. The van der Waals surface area contributed by atoms with Gasteiger partial charge in [-0.3, -0.25) is 4.79 Å². The normalized spacial score (nSPS) is 30.7. The van der Waals surface area contributed by atoms with Gasteiger partial charge in [0.2, 0.25) is 0 Å². The second-order valence-electron chi connectivity index (χ2n) is 7.23. The number of pyridine rings is 1. The fourth-order valence-corrected chi connectivity index (χ4v) is 4.84. The van der Waals surface area contributed by atoms with Crippen LogP contribution in [0.15, 0.2) is 24.4 Å². The van der Waals surface area contributed by atoms with Crippen molar-refractivity contribution in [2.45, 2.75) is 38.2 Å². The second-order valence-corrected chi connectivity index (χ2v) is 7.23. The van der Waals surface area contributed by atoms with E-state index in [2.05, 4.69) is 9.88 Å². The van der Waals surface area contributed by atoms with E-state index in [-0.39, 0.29) is 18.0 Å². The maximum absolute atomic E-state index is 12.5. The smallest absolute Gasteiger partial charge is 0.310 e. The number of aromatic nitrogens is 1. The van der Waals surface area contributed by atoms with E-state index in [0.29, 0.717) is 10.8 Å². The zero-order valence-electron chi connectivity index (χ0n) is 12.1. The molecule has 2 heterocycles. The Labute approximate surface area is 124 Å². The van der Waals surface area contributed by atoms with E-state index in [4.69, 9.17) is 4.74 Å². The van der Waals surface area contributed by atoms with Crippen LogP contribution in [0.5, 0.6) is 0 Å². The van der Waals surface area contributed by atoms with Crippen LogP contribution in [0.25, 0.3) is 0 Å². The van der Waals surface area contributed by atoms with E-state index in [1.54, 1.807) is 0 Å². The number of ether oxygens (including phenoxy) is 1. The highest BCUT2D eigenvalue weighted by Gasteiger charge is 2.89. The van der Waals surface area contributed by atoms with Crippen LogP contribution in [0.1, 0.15) is 32.1 Å². The minimum atomic E-state index is 0.0479. The molecule has 1 atom stereocenters. The molecule has 1 aromatic rings. The molecule has 4 heteroatoms. The fraction of sp³-hybridized carbons (Fsp3) is 0.647. The molecule has 1 aliphatic heterocycles. The average Bonchev–Trinajstić information content (AvgIpc) is 3.45. The summed E-state index contributed by atoms with van der Waals surface area (Å²) in [5.41, 5.74) is 0.812. The number of fused-ring (bicyclic) bond motifs is 1. The van der Waals surface area contributed by atoms with Crippen molar-refractivity contribution in [2.24, 2.45) is 16.7 Å². The van der Waals surface area contributed by atoms with Gasteiger partial charge >= 0.3 is 5.97 Å². The van der Waals surface area contributed by atoms with Crippen LogP contribution in [0.2, 0.25) is 0 Å². The van der Waals surface area contributed by atoms with Crippen molar-refractivity contribution in [1.82, 2.24) is 4.98 Å². The zero-order chi connectivity index (χ0) is 14.1. The van der Waals surface area contributed by atoms with Crippen LogP contribution in [-0.4, -0.2) is 30.1 Å². The van der Waals surface area contributed by atoms with Crippen LogP contribution in [0.3, 0.4) is 0 Å². The highest BCUT2D eigenvalue weighted by atomic mass is 16.5. The van der Waals surface area contributed by atoms with Crippen molar-refractivity contribution in [3.63, 3.8) is 0 Å². The van der Waals surface area contributed by atoms with Gasteiger partial charge in [0.25, 0.3) is 0 Å². The zero-order valence-corrected chi connectivity index (χ0v) is 12.1. The second kappa shape index (κ2) is 3.79. The van der Waals surface area contributed by atoms with E-state index in [1.807, 2.05) is 24.4 Å². The molecule has 0 bridgehead atoms. The van der Waals surface area contributed by atoms with Crippen LogP contribution < -0.4 is 4.90 Å². The first kappa shape index (κ1) is 12.0. The minimum Gasteiger partial charge on any atom is -0.460 e. The number of hydrogen-bond donors (Lipinski definition) is 0. The lowest BCUT2D eigenvalue weighted by atomic mass is 10.3. The molecule has 0 unspecified atom stereocenters. The number of carbonyl (C=O) groups is 1. The maximum Gasteiger partial charge on any atom is 0.310 e. The van der Waals surface area contributed by atoms with E-state index < -0.39 is 0 Å². The van der Waals surface area contributed by atoms with E-state index in [9.17, 15) is 4.79 Å². The Balaban J connectivity index is 1.22. The molecule has 0 radical (unpaired) electrons. The number of carbonyl (C=O) groups excluding carboxylic acids is 1. The number of rotatable bonds is 3. The molecule has 4 nitrogen and oxygen atoms in total. The minimum absolute atomic E-state index is 0.0479. The molecule has 0 N–H and O–H groups in total. The molecule has 0 amide bonds. The van der Waals surface area contributed by atoms with Crippen LogP contribution in [-0.2, 0) is 9.53 Å². The number of esters is 1. The molecule has 110 valence electrons. The molecule has 4 fully saturated rings. The maximum atomic E-state index is 12.5. The van der Waals surface area contributed by atoms with Crippen molar-refractivity contribution < 1.29 is 9.53 Å². The summed E-state index contributed by atoms with van der Waals surface area (Å²) >= 11 is 0. The third kappa shape index (κ3) is 1.56. The third-order valence-electron chi connectivity index (χ3n) is 6.23. The Bertz CT molecular complexity index is 574. The lowest BCUT2D eigenvalue weighted by Crippen LogP contribution is -2.26. The molecule has 0 aromatic carbocycles. The lowest BCUT2D eigenvalue weighted by Gasteiger charge is -2.17. The Morgan fingerprint density at radius 3 is 2.62 bits per heavy atom. The van der Waals surface area contributed by atoms with Crippen LogP contribution >= 0.6 is 0 Å². The van der Waals surface area contributed by atoms with Crippen molar-refractivity contribution in [1.29, 1.82) is 0 Å². The van der Waals surface area contributed by atoms with E-state index in [0.717, 1.165) is 25.3 Å². The largest absolute Gasteiger partial charge is 0.460 e. The summed E-state index contributed by atoms with van der Waals surface area (Å²) in [5.74, 6) is 1.33. The van der Waals surface area contributed by atoms with E-state index >= 15 is 0 Å². The first-order valence-corrected chi connectivity index (χ1v) is 8.12. The lowest BCUT2D eigenvalue weighted by molar-refractivity contribution is -0.150. The molecular formula is C17H20N2O2. The van der Waals surface area contributed by atoms with Gasteiger partial charge in [-0.1, -0.05) is 6.07 Å². The molecule has 3 saturated carbocycles. The third-order valence-corrected chi connectivity index (χ3v) is 6.23. The fourth-order valence-electron chi connectivity index (χ4n) is 4.84. The highest BCUT2D eigenvalue weighted by Crippen LogP contribution is 2.92. The summed E-state index contributed by atoms with van der Waals surface area (Å²) in [6, 6.07) is 5.94. The molecule has 21 heavy (non-hydrogen) atoms. The molecule has 4 aliphatic rings. The molecular weight excluding hydrogens is 264 g/mol. The summed E-state index contributed by atoms with van der Waals surface area (Å²) in [5, 5.41) is 0. The van der Waals surface area contributed by atoms with Gasteiger partial charge in [-0.25, -0.2) is 4.98 Å². The summed E-state index contributed by atoms with van der Waals surface area (Å²) in [6.45, 7) is 1.71. The van der Waals surface area contributed by atoms with Crippen molar-refractivity contribution in [2.75, 3.05) is 18.0 Å². The number of nitrogens with zero attached hydrogens (tertiary/aromatic N) is 2. The monoisotopic (exact) mass is 284 g/mol. The molecule has 1 saturated heterocycles. The van der Waals surface area contributed by atoms with Gasteiger partial charge in [-0.15, -0.1) is 0 Å². The van der Waals surface area contributed by atoms with Gasteiger partial charge < -0.3 is 9.64 Å². The van der Waals surface area contributed by atoms with Crippen molar-refractivity contribution in [3.05, 3.63) is 24.4 Å². The Morgan fingerprint density at radius 1 is 1.24 bits per heavy atom. The van der Waals surface area contributed by atoms with Gasteiger partial charge in [-0.2, -0.15) is 0 Å². The summed E-state index contributed by atoms with van der Waals surface area (Å²) in [4.78, 5) is 19.0. The first-order valence-electron chi connectivity index (χ1n) is 8.12. The quantitative estimate of drug-likeness (QED) is 0.799. The van der Waals surface area contributed by atoms with Crippen LogP contribution in [0.4, 0.5) is 5.82 Å². The molecule has 5 rings (SSSR count). The standard InChI is InChI=1S/C17H20N2O2/c20-15(14-16(5-6-16)17(14)7-8-17)21-12-4-10-19(11-12)13-3-1-2-9-18-13/h1-3,9,12,14H,4-8,10-11H2/t12-/m1/s1. The van der Waals surface area contributed by atoms with Crippen molar-refractivity contribution >= 4 is 11.8 Å². The van der Waals surface area contributed by atoms with Gasteiger partial charge in [0.05, 0.1) is 12.5 Å². The predicted molar refractivity (Wildman–Crippen MR) is 77.8 cm³/mol. The summed E-state index contributed by atoms with van der Waals surface area (Å²) in [6.07, 6.45) is 7.83. The Morgan fingerprint density at radius 2 is 2.00 bits per heavy atom. The predicted octanol–water partition coefficient (Wildman–Crippen LogP) is 2.39. The summed E-state index contributed by atoms with van der Waals surface area (Å²) in [7, 11) is 0. The van der Waals surface area contributed by atoms with Gasteiger partial charge in [0.1, 0.15) is 11.9 Å². The summed E-state index contributed by atoms with van der Waals surface area (Å²) < 4.78 is 5.83. The van der Waals surface area contributed by atoms with Crippen LogP contribution in [0, 0.1) is 16.7 Å². The van der Waals surface area contributed by atoms with Gasteiger partial charge in [0.15, 0.2) is 0 Å². The Kier molecular flexibility index (Phi) is 2.17. The molecule has 3 aliphatic carbocycles. The first-order chi connectivity index (χ1) is 10.3. The molecule has 1 aromatic heterocycles. The average molecular weight is 284 g/mol. The SMILES string of the molecule is O=C(O[C@@H]1CCN(c2ccccn2)C1)C1C2(CC2)C12CC2. The molecule has 2 spiro atoms. The number of anilines is 1. The van der Waals surface area contributed by atoms with Gasteiger partial charge in [-0.05, 0) is 48.6 Å². The highest BCUT2D eigenvalue weighted by molar-refractivity contribution is 5.82. The topological polar surface area (TPSA) is 42.4 Å². The van der Waals surface area contributed by atoms with Crippen molar-refractivity contribution in [3.8, 4) is 0 Å².